The van der Waals surface area contributed by atoms with Gasteiger partial charge in [0.25, 0.3) is 0 Å². The predicted octanol–water partition coefficient (Wildman–Crippen LogP) is 2.93. The largest absolute Gasteiger partial charge is 0.243 e. The van der Waals surface area contributed by atoms with Gasteiger partial charge in [-0.3, -0.25) is 0 Å². The Balaban J connectivity index is 3.15. The maximum Gasteiger partial charge on any atom is 0.243 e. The van der Waals surface area contributed by atoms with Gasteiger partial charge in [-0.1, -0.05) is 43.0 Å². The van der Waals surface area contributed by atoms with Crippen molar-refractivity contribution in [1.29, 1.82) is 0 Å². The van der Waals surface area contributed by atoms with Gasteiger partial charge in [0, 0.05) is 5.02 Å². The van der Waals surface area contributed by atoms with Crippen LogP contribution in [0.3, 0.4) is 0 Å². The average Bonchev–Trinajstić information content (AvgIpc) is 2.28. The van der Waals surface area contributed by atoms with E-state index in [0.29, 0.717) is 5.02 Å². The number of terminal acetylenes is 1. The molecule has 1 aromatic rings. The van der Waals surface area contributed by atoms with Gasteiger partial charge in [0.2, 0.25) is 10.0 Å². The highest BCUT2D eigenvalue weighted by Crippen LogP contribution is 2.25. The third-order valence-electron chi connectivity index (χ3n) is 2.31. The van der Waals surface area contributed by atoms with Crippen molar-refractivity contribution in [3.05, 3.63) is 28.2 Å². The Hall–Kier alpha value is -0.730. The maximum atomic E-state index is 12.1. The molecule has 1 aromatic carbocycles. The van der Waals surface area contributed by atoms with Crippen molar-refractivity contribution in [1.82, 2.24) is 4.72 Å². The Morgan fingerprint density at radius 1 is 1.33 bits per heavy atom. The van der Waals surface area contributed by atoms with Gasteiger partial charge in [-0.05, 0) is 24.1 Å². The van der Waals surface area contributed by atoms with Crippen LogP contribution in [-0.4, -0.2) is 14.5 Å². The summed E-state index contributed by atoms with van der Waals surface area (Å²) in [6, 6.07) is 3.65. The van der Waals surface area contributed by atoms with Crippen LogP contribution >= 0.6 is 23.2 Å². The second-order valence-electron chi connectivity index (χ2n) is 4.08. The second kappa shape index (κ2) is 5.94. The Labute approximate surface area is 118 Å². The normalized spacial score (nSPS) is 13.3. The van der Waals surface area contributed by atoms with Crippen LogP contribution in [0.4, 0.5) is 0 Å². The molecule has 3 nitrogen and oxygen atoms in total. The van der Waals surface area contributed by atoms with E-state index >= 15 is 0 Å². The molecule has 6 heteroatoms. The summed E-state index contributed by atoms with van der Waals surface area (Å²) in [5, 5.41) is 0.396. The number of hydrogen-bond acceptors (Lipinski definition) is 2. The fraction of sp³-hybridized carbons (Fsp3) is 0.333. The summed E-state index contributed by atoms with van der Waals surface area (Å²) >= 11 is 11.6. The third-order valence-corrected chi connectivity index (χ3v) is 4.47. The Morgan fingerprint density at radius 3 is 2.44 bits per heavy atom. The van der Waals surface area contributed by atoms with Crippen LogP contribution in [0.2, 0.25) is 10.0 Å². The lowest BCUT2D eigenvalue weighted by atomic mass is 10.1. The number of nitrogens with one attached hydrogen (secondary N) is 1. The molecule has 1 N–H and O–H groups in total. The SMILES string of the molecule is C#CC(NS(=O)(=O)c1cc(Cl)ccc1Cl)C(C)C. The zero-order chi connectivity index (χ0) is 13.9. The number of rotatable bonds is 4. The number of benzene rings is 1. The maximum absolute atomic E-state index is 12.1. The van der Waals surface area contributed by atoms with Crippen LogP contribution in [0.1, 0.15) is 13.8 Å². The van der Waals surface area contributed by atoms with Gasteiger partial charge in [0.15, 0.2) is 0 Å². The summed E-state index contributed by atoms with van der Waals surface area (Å²) in [7, 11) is -3.78. The molecule has 0 radical (unpaired) electrons. The molecule has 0 aliphatic heterocycles. The highest BCUT2D eigenvalue weighted by atomic mass is 35.5. The van der Waals surface area contributed by atoms with Gasteiger partial charge in [-0.25, -0.2) is 8.42 Å². The molecule has 0 spiro atoms. The fourth-order valence-electron chi connectivity index (χ4n) is 1.28. The minimum absolute atomic E-state index is 0.0252. The Morgan fingerprint density at radius 2 is 1.94 bits per heavy atom. The zero-order valence-corrected chi connectivity index (χ0v) is 12.3. The fourth-order valence-corrected chi connectivity index (χ4v) is 3.34. The Bertz CT molecular complexity index is 576. The lowest BCUT2D eigenvalue weighted by Gasteiger charge is -2.17. The highest BCUT2D eigenvalue weighted by Gasteiger charge is 2.23. The van der Waals surface area contributed by atoms with E-state index in [2.05, 4.69) is 10.6 Å². The van der Waals surface area contributed by atoms with E-state index in [1.165, 1.54) is 18.2 Å². The van der Waals surface area contributed by atoms with E-state index in [9.17, 15) is 8.42 Å². The first kappa shape index (κ1) is 15.3. The van der Waals surface area contributed by atoms with Crippen LogP contribution in [0.25, 0.3) is 0 Å². The predicted molar refractivity (Wildman–Crippen MR) is 74.2 cm³/mol. The molecular weight excluding hydrogens is 293 g/mol. The molecule has 0 saturated heterocycles. The highest BCUT2D eigenvalue weighted by molar-refractivity contribution is 7.89. The van der Waals surface area contributed by atoms with E-state index in [1.54, 1.807) is 0 Å². The summed E-state index contributed by atoms with van der Waals surface area (Å²) in [6.07, 6.45) is 5.29. The molecular formula is C12H13Cl2NO2S. The van der Waals surface area contributed by atoms with Crippen LogP contribution < -0.4 is 4.72 Å². The molecule has 0 saturated carbocycles. The van der Waals surface area contributed by atoms with Crippen LogP contribution in [-0.2, 0) is 10.0 Å². The van der Waals surface area contributed by atoms with Gasteiger partial charge in [-0.2, -0.15) is 4.72 Å². The van der Waals surface area contributed by atoms with Gasteiger partial charge < -0.3 is 0 Å². The van der Waals surface area contributed by atoms with Crippen LogP contribution in [0, 0.1) is 18.3 Å². The topological polar surface area (TPSA) is 46.2 Å². The van der Waals surface area contributed by atoms with Gasteiger partial charge in [0.05, 0.1) is 11.1 Å². The molecule has 98 valence electrons. The van der Waals surface area contributed by atoms with Crippen molar-refractivity contribution in [3.63, 3.8) is 0 Å². The molecule has 0 amide bonds. The molecule has 1 atom stereocenters. The zero-order valence-electron chi connectivity index (χ0n) is 9.94. The van der Waals surface area contributed by atoms with E-state index in [1.807, 2.05) is 13.8 Å². The summed E-state index contributed by atoms with van der Waals surface area (Å²) < 4.78 is 26.7. The number of halogens is 2. The molecule has 0 fully saturated rings. The quantitative estimate of drug-likeness (QED) is 0.869. The monoisotopic (exact) mass is 305 g/mol. The van der Waals surface area contributed by atoms with Crippen molar-refractivity contribution >= 4 is 33.2 Å². The van der Waals surface area contributed by atoms with Crippen molar-refractivity contribution in [3.8, 4) is 12.3 Å². The minimum Gasteiger partial charge on any atom is -0.207 e. The van der Waals surface area contributed by atoms with Crippen molar-refractivity contribution in [2.45, 2.75) is 24.8 Å². The average molecular weight is 306 g/mol. The van der Waals surface area contributed by atoms with E-state index in [0.717, 1.165) is 0 Å². The van der Waals surface area contributed by atoms with Crippen molar-refractivity contribution < 1.29 is 8.42 Å². The van der Waals surface area contributed by atoms with Crippen molar-refractivity contribution in [2.75, 3.05) is 0 Å². The molecule has 0 aromatic heterocycles. The lowest BCUT2D eigenvalue weighted by molar-refractivity contribution is 0.518. The van der Waals surface area contributed by atoms with E-state index in [-0.39, 0.29) is 15.8 Å². The van der Waals surface area contributed by atoms with Gasteiger partial charge in [0.1, 0.15) is 4.90 Å². The first-order valence-corrected chi connectivity index (χ1v) is 7.45. The van der Waals surface area contributed by atoms with Gasteiger partial charge >= 0.3 is 0 Å². The molecule has 0 aliphatic rings. The number of hydrogen-bond donors (Lipinski definition) is 1. The minimum atomic E-state index is -3.78. The first-order valence-electron chi connectivity index (χ1n) is 5.21. The molecule has 0 bridgehead atoms. The molecule has 0 heterocycles. The molecule has 1 rings (SSSR count). The van der Waals surface area contributed by atoms with Crippen LogP contribution in [0.15, 0.2) is 23.1 Å². The summed E-state index contributed by atoms with van der Waals surface area (Å²) in [5.41, 5.74) is 0. The van der Waals surface area contributed by atoms with Gasteiger partial charge in [-0.15, -0.1) is 6.42 Å². The third kappa shape index (κ3) is 3.63. The molecule has 18 heavy (non-hydrogen) atoms. The van der Waals surface area contributed by atoms with Crippen LogP contribution in [0.5, 0.6) is 0 Å². The summed E-state index contributed by atoms with van der Waals surface area (Å²) in [6.45, 7) is 3.65. The number of sulfonamides is 1. The lowest BCUT2D eigenvalue weighted by Crippen LogP contribution is -2.37. The van der Waals surface area contributed by atoms with Crippen molar-refractivity contribution in [2.24, 2.45) is 5.92 Å². The Kier molecular flexibility index (Phi) is 5.06. The smallest absolute Gasteiger partial charge is 0.207 e. The summed E-state index contributed by atoms with van der Waals surface area (Å²) in [4.78, 5) is -0.0717. The van der Waals surface area contributed by atoms with E-state index < -0.39 is 16.1 Å². The molecule has 0 aliphatic carbocycles. The molecule has 1 unspecified atom stereocenters. The standard InChI is InChI=1S/C12H13Cl2NO2S/c1-4-11(8(2)3)15-18(16,17)12-7-9(13)5-6-10(12)14/h1,5-8,11,15H,2-3H3. The summed E-state index contributed by atoms with van der Waals surface area (Å²) in [5.74, 6) is 2.37. The van der Waals surface area contributed by atoms with E-state index in [4.69, 9.17) is 29.6 Å². The first-order chi connectivity index (χ1) is 8.27. The second-order valence-corrected chi connectivity index (χ2v) is 6.61.